The van der Waals surface area contributed by atoms with E-state index in [9.17, 15) is 13.2 Å². The van der Waals surface area contributed by atoms with E-state index in [0.29, 0.717) is 0 Å². The fraction of sp³-hybridized carbons (Fsp3) is 0.0833. The third-order valence-electron chi connectivity index (χ3n) is 2.21. The Morgan fingerprint density at radius 3 is 2.58 bits per heavy atom. The maximum Gasteiger partial charge on any atom is 0.419 e. The first-order valence-electron chi connectivity index (χ1n) is 5.08. The minimum absolute atomic E-state index is 0.00646. The Hall–Kier alpha value is -2.62. The van der Waals surface area contributed by atoms with Gasteiger partial charge in [0.25, 0.3) is 5.88 Å². The molecule has 7 heteroatoms. The molecule has 0 fully saturated rings. The Bertz CT molecular complexity index is 635. The number of hydrogen-bond acceptors (Lipinski definition) is 4. The number of ether oxygens (including phenoxy) is 1. The number of aromatic nitrogens is 2. The highest BCUT2D eigenvalue weighted by atomic mass is 19.4. The minimum atomic E-state index is -4.55. The van der Waals surface area contributed by atoms with Gasteiger partial charge < -0.3 is 4.74 Å². The van der Waals surface area contributed by atoms with Crippen molar-refractivity contribution in [2.24, 2.45) is 0 Å². The fourth-order valence-electron chi connectivity index (χ4n) is 1.37. The van der Waals surface area contributed by atoms with Crippen LogP contribution in [0.1, 0.15) is 11.1 Å². The van der Waals surface area contributed by atoms with Crippen LogP contribution in [0.3, 0.4) is 0 Å². The summed E-state index contributed by atoms with van der Waals surface area (Å²) >= 11 is 0. The largest absolute Gasteiger partial charge is 0.436 e. The first kappa shape index (κ1) is 12.8. The summed E-state index contributed by atoms with van der Waals surface area (Å²) in [5.74, 6) is -0.686. The highest BCUT2D eigenvalue weighted by molar-refractivity contribution is 5.42. The number of hydrogen-bond donors (Lipinski definition) is 0. The van der Waals surface area contributed by atoms with E-state index in [1.54, 1.807) is 6.07 Å². The molecule has 0 aliphatic rings. The molecule has 0 N–H and O–H groups in total. The summed E-state index contributed by atoms with van der Waals surface area (Å²) in [6, 6.07) is 7.75. The molecule has 0 aliphatic carbocycles. The normalized spacial score (nSPS) is 10.8. The fourth-order valence-corrected chi connectivity index (χ4v) is 1.37. The first-order chi connectivity index (χ1) is 9.02. The molecule has 0 unspecified atom stereocenters. The van der Waals surface area contributed by atoms with Crippen LogP contribution >= 0.6 is 0 Å². The SMILES string of the molecule is N#Cc1ccnnc1Oc1ccccc1C(F)(F)F. The summed E-state index contributed by atoms with van der Waals surface area (Å²) in [5.41, 5.74) is -0.934. The first-order valence-corrected chi connectivity index (χ1v) is 5.08. The average molecular weight is 265 g/mol. The number of rotatable bonds is 2. The van der Waals surface area contributed by atoms with Crippen LogP contribution in [0.4, 0.5) is 13.2 Å². The Kier molecular flexibility index (Phi) is 3.33. The summed E-state index contributed by atoms with van der Waals surface area (Å²) in [4.78, 5) is 0. The van der Waals surface area contributed by atoms with Crippen molar-refractivity contribution in [2.45, 2.75) is 6.18 Å². The van der Waals surface area contributed by atoms with Crippen LogP contribution in [0.15, 0.2) is 36.5 Å². The van der Waals surface area contributed by atoms with Crippen LogP contribution in [0.2, 0.25) is 0 Å². The Balaban J connectivity index is 2.43. The molecule has 0 saturated heterocycles. The maximum atomic E-state index is 12.8. The van der Waals surface area contributed by atoms with Crippen molar-refractivity contribution in [2.75, 3.05) is 0 Å². The molecule has 1 aromatic carbocycles. The molecule has 96 valence electrons. The molecule has 1 heterocycles. The Morgan fingerprint density at radius 1 is 1.16 bits per heavy atom. The van der Waals surface area contributed by atoms with E-state index in [0.717, 1.165) is 12.1 Å². The lowest BCUT2D eigenvalue weighted by Gasteiger charge is -2.12. The van der Waals surface area contributed by atoms with E-state index in [1.807, 2.05) is 0 Å². The van der Waals surface area contributed by atoms with Gasteiger partial charge in [0.05, 0.1) is 11.8 Å². The van der Waals surface area contributed by atoms with Gasteiger partial charge in [0.1, 0.15) is 17.4 Å². The molecule has 0 spiro atoms. The van der Waals surface area contributed by atoms with E-state index >= 15 is 0 Å². The smallest absolute Gasteiger partial charge is 0.419 e. The Morgan fingerprint density at radius 2 is 1.89 bits per heavy atom. The monoisotopic (exact) mass is 265 g/mol. The molecule has 0 atom stereocenters. The standard InChI is InChI=1S/C12H6F3N3O/c13-12(14,15)9-3-1-2-4-10(9)19-11-8(7-16)5-6-17-18-11/h1-6H. The van der Waals surface area contributed by atoms with Gasteiger partial charge in [-0.2, -0.15) is 23.5 Å². The van der Waals surface area contributed by atoms with Crippen LogP contribution in [0, 0.1) is 11.3 Å². The predicted molar refractivity (Wildman–Crippen MR) is 58.3 cm³/mol. The number of nitrogens with zero attached hydrogens (tertiary/aromatic N) is 3. The summed E-state index contributed by atoms with van der Waals surface area (Å²) in [6.07, 6.45) is -3.30. The van der Waals surface area contributed by atoms with Gasteiger partial charge >= 0.3 is 6.18 Å². The second kappa shape index (κ2) is 4.94. The minimum Gasteiger partial charge on any atom is -0.436 e. The molecule has 1 aromatic heterocycles. The van der Waals surface area contributed by atoms with Crippen molar-refractivity contribution in [1.29, 1.82) is 5.26 Å². The van der Waals surface area contributed by atoms with Crippen LogP contribution in [-0.4, -0.2) is 10.2 Å². The molecule has 19 heavy (non-hydrogen) atoms. The van der Waals surface area contributed by atoms with E-state index in [1.165, 1.54) is 24.4 Å². The molecule has 0 saturated carbocycles. The molecule has 2 aromatic rings. The molecule has 4 nitrogen and oxygen atoms in total. The molecule has 0 amide bonds. The van der Waals surface area contributed by atoms with Gasteiger partial charge in [0, 0.05) is 0 Å². The summed E-state index contributed by atoms with van der Waals surface area (Å²) in [6.45, 7) is 0. The van der Waals surface area contributed by atoms with Crippen molar-refractivity contribution < 1.29 is 17.9 Å². The van der Waals surface area contributed by atoms with Gasteiger partial charge in [-0.05, 0) is 18.2 Å². The topological polar surface area (TPSA) is 58.8 Å². The average Bonchev–Trinajstić information content (AvgIpc) is 2.39. The van der Waals surface area contributed by atoms with Gasteiger partial charge in [-0.25, -0.2) is 0 Å². The predicted octanol–water partition coefficient (Wildman–Crippen LogP) is 3.16. The third-order valence-corrected chi connectivity index (χ3v) is 2.21. The van der Waals surface area contributed by atoms with Crippen LogP contribution < -0.4 is 4.74 Å². The second-order valence-electron chi connectivity index (χ2n) is 3.46. The summed E-state index contributed by atoms with van der Waals surface area (Å²) in [5, 5.41) is 15.8. The van der Waals surface area contributed by atoms with Gasteiger partial charge in [0.15, 0.2) is 0 Å². The zero-order valence-electron chi connectivity index (χ0n) is 9.35. The number of alkyl halides is 3. The lowest BCUT2D eigenvalue weighted by Crippen LogP contribution is -2.07. The third kappa shape index (κ3) is 2.80. The lowest BCUT2D eigenvalue weighted by molar-refractivity contribution is -0.138. The molecular weight excluding hydrogens is 259 g/mol. The quantitative estimate of drug-likeness (QED) is 0.836. The van der Waals surface area contributed by atoms with Gasteiger partial charge in [0.2, 0.25) is 0 Å². The Labute approximate surface area is 106 Å². The van der Waals surface area contributed by atoms with Crippen LogP contribution in [0.25, 0.3) is 0 Å². The molecule has 0 aliphatic heterocycles. The summed E-state index contributed by atoms with van der Waals surface area (Å²) in [7, 11) is 0. The zero-order valence-corrected chi connectivity index (χ0v) is 9.35. The van der Waals surface area contributed by atoms with E-state index in [2.05, 4.69) is 10.2 Å². The van der Waals surface area contributed by atoms with E-state index in [-0.39, 0.29) is 11.4 Å². The van der Waals surface area contributed by atoms with Gasteiger partial charge in [-0.3, -0.25) is 0 Å². The zero-order chi connectivity index (χ0) is 13.9. The number of halogens is 3. The molecule has 0 bridgehead atoms. The van der Waals surface area contributed by atoms with Crippen LogP contribution in [-0.2, 0) is 6.18 Å². The maximum absolute atomic E-state index is 12.8. The molecule has 2 rings (SSSR count). The van der Waals surface area contributed by atoms with Gasteiger partial charge in [-0.1, -0.05) is 12.1 Å². The molecular formula is C12H6F3N3O. The van der Waals surface area contributed by atoms with Crippen molar-refractivity contribution in [3.8, 4) is 17.7 Å². The van der Waals surface area contributed by atoms with E-state index in [4.69, 9.17) is 10.00 Å². The van der Waals surface area contributed by atoms with Crippen LogP contribution in [0.5, 0.6) is 11.6 Å². The molecule has 0 radical (unpaired) electrons. The lowest BCUT2D eigenvalue weighted by atomic mass is 10.2. The van der Waals surface area contributed by atoms with Gasteiger partial charge in [-0.15, -0.1) is 5.10 Å². The van der Waals surface area contributed by atoms with Crippen molar-refractivity contribution in [1.82, 2.24) is 10.2 Å². The highest BCUT2D eigenvalue weighted by Gasteiger charge is 2.34. The van der Waals surface area contributed by atoms with Crippen molar-refractivity contribution in [3.63, 3.8) is 0 Å². The number of para-hydroxylation sites is 1. The van der Waals surface area contributed by atoms with Crippen molar-refractivity contribution >= 4 is 0 Å². The highest BCUT2D eigenvalue weighted by Crippen LogP contribution is 2.37. The van der Waals surface area contributed by atoms with E-state index < -0.39 is 17.5 Å². The summed E-state index contributed by atoms with van der Waals surface area (Å²) < 4.78 is 43.3. The van der Waals surface area contributed by atoms with Crippen molar-refractivity contribution in [3.05, 3.63) is 47.7 Å². The second-order valence-corrected chi connectivity index (χ2v) is 3.46. The number of nitriles is 1. The number of benzene rings is 1.